The van der Waals surface area contributed by atoms with Gasteiger partial charge in [0.2, 0.25) is 5.91 Å². The van der Waals surface area contributed by atoms with Gasteiger partial charge in [0.05, 0.1) is 7.11 Å². The maximum atomic E-state index is 11.7. The van der Waals surface area contributed by atoms with Gasteiger partial charge in [-0.3, -0.25) is 10.1 Å². The number of hydrogen-bond donors (Lipinski definition) is 2. The third-order valence-electron chi connectivity index (χ3n) is 3.23. The molecule has 2 unspecified atom stereocenters. The molecule has 1 saturated heterocycles. The molecule has 0 saturated carbocycles. The van der Waals surface area contributed by atoms with E-state index < -0.39 is 0 Å². The van der Waals surface area contributed by atoms with Gasteiger partial charge >= 0.3 is 0 Å². The van der Waals surface area contributed by atoms with Crippen LogP contribution >= 0.6 is 0 Å². The fraction of sp³-hybridized carbons (Fsp3) is 0.500. The summed E-state index contributed by atoms with van der Waals surface area (Å²) < 4.78 is 5.13. The number of hydrogen-bond acceptors (Lipinski definition) is 3. The Morgan fingerprint density at radius 2 is 2.06 bits per heavy atom. The van der Waals surface area contributed by atoms with Crippen molar-refractivity contribution in [2.75, 3.05) is 7.11 Å². The van der Waals surface area contributed by atoms with Gasteiger partial charge in [0, 0.05) is 12.5 Å². The summed E-state index contributed by atoms with van der Waals surface area (Å²) in [7, 11) is 1.65. The van der Waals surface area contributed by atoms with Crippen LogP contribution in [0.4, 0.5) is 0 Å². The fourth-order valence-electron chi connectivity index (χ4n) is 2.29. The molecule has 0 spiro atoms. The number of carbonyl (C=O) groups is 1. The number of amides is 1. The van der Waals surface area contributed by atoms with Crippen molar-refractivity contribution >= 4 is 5.91 Å². The molecule has 4 heteroatoms. The molecule has 0 bridgehead atoms. The van der Waals surface area contributed by atoms with Crippen molar-refractivity contribution in [3.8, 4) is 5.75 Å². The Morgan fingerprint density at radius 3 is 2.67 bits per heavy atom. The third kappa shape index (κ3) is 3.01. The smallest absolute Gasteiger partial charge is 0.223 e. The average molecular weight is 248 g/mol. The van der Waals surface area contributed by atoms with Crippen LogP contribution in [0.2, 0.25) is 0 Å². The van der Waals surface area contributed by atoms with E-state index in [1.54, 1.807) is 7.11 Å². The molecule has 0 aromatic heterocycles. The summed E-state index contributed by atoms with van der Waals surface area (Å²) in [6.07, 6.45) is 2.59. The van der Waals surface area contributed by atoms with Gasteiger partial charge in [-0.2, -0.15) is 0 Å². The number of rotatable bonds is 4. The summed E-state index contributed by atoms with van der Waals surface area (Å²) in [4.78, 5) is 11.7. The quantitative estimate of drug-likeness (QED) is 0.856. The molecular formula is C14H20N2O2. The third-order valence-corrected chi connectivity index (χ3v) is 3.23. The Labute approximate surface area is 108 Å². The summed E-state index contributed by atoms with van der Waals surface area (Å²) in [6, 6.07) is 8.05. The van der Waals surface area contributed by atoms with E-state index in [0.717, 1.165) is 24.2 Å². The lowest BCUT2D eigenvalue weighted by atomic mass is 10.0. The second-order valence-electron chi connectivity index (χ2n) is 4.63. The minimum absolute atomic E-state index is 0.0892. The van der Waals surface area contributed by atoms with Gasteiger partial charge in [-0.1, -0.05) is 25.5 Å². The molecule has 18 heavy (non-hydrogen) atoms. The van der Waals surface area contributed by atoms with E-state index in [1.165, 1.54) is 0 Å². The van der Waals surface area contributed by atoms with Crippen LogP contribution in [0.1, 0.15) is 37.9 Å². The lowest BCUT2D eigenvalue weighted by molar-refractivity contribution is -0.124. The van der Waals surface area contributed by atoms with E-state index in [2.05, 4.69) is 17.6 Å². The minimum atomic E-state index is -0.0892. The van der Waals surface area contributed by atoms with Crippen LogP contribution in [0.5, 0.6) is 5.75 Å². The standard InChI is InChI=1S/C14H20N2O2/c1-3-4-11-9-13(17)16-14(15-11)10-5-7-12(18-2)8-6-10/h5-8,11,14-15H,3-4,9H2,1-2H3,(H,16,17). The van der Waals surface area contributed by atoms with Gasteiger partial charge in [0.1, 0.15) is 11.9 Å². The topological polar surface area (TPSA) is 50.4 Å². The van der Waals surface area contributed by atoms with Crippen molar-refractivity contribution in [2.24, 2.45) is 0 Å². The summed E-state index contributed by atoms with van der Waals surface area (Å²) in [5.41, 5.74) is 1.06. The lowest BCUT2D eigenvalue weighted by Gasteiger charge is -2.31. The Hall–Kier alpha value is -1.55. The molecule has 0 radical (unpaired) electrons. The molecule has 2 rings (SSSR count). The molecule has 1 fully saturated rings. The lowest BCUT2D eigenvalue weighted by Crippen LogP contribution is -2.50. The first-order valence-corrected chi connectivity index (χ1v) is 6.42. The summed E-state index contributed by atoms with van der Waals surface area (Å²) in [5, 5.41) is 6.43. The van der Waals surface area contributed by atoms with Gasteiger partial charge in [-0.05, 0) is 24.1 Å². The van der Waals surface area contributed by atoms with Gasteiger partial charge in [-0.25, -0.2) is 0 Å². The van der Waals surface area contributed by atoms with E-state index >= 15 is 0 Å². The number of ether oxygens (including phenoxy) is 1. The van der Waals surface area contributed by atoms with Crippen LogP contribution in [0.15, 0.2) is 24.3 Å². The highest BCUT2D eigenvalue weighted by Crippen LogP contribution is 2.20. The molecule has 1 aliphatic heterocycles. The first-order chi connectivity index (χ1) is 8.72. The van der Waals surface area contributed by atoms with Crippen molar-refractivity contribution in [2.45, 2.75) is 38.4 Å². The Kier molecular flexibility index (Phi) is 4.20. The van der Waals surface area contributed by atoms with E-state index in [0.29, 0.717) is 6.42 Å². The molecular weight excluding hydrogens is 228 g/mol. The van der Waals surface area contributed by atoms with Gasteiger partial charge in [0.15, 0.2) is 0 Å². The summed E-state index contributed by atoms with van der Waals surface area (Å²) in [6.45, 7) is 2.14. The van der Waals surface area contributed by atoms with Crippen molar-refractivity contribution in [3.05, 3.63) is 29.8 Å². The first-order valence-electron chi connectivity index (χ1n) is 6.42. The zero-order valence-electron chi connectivity index (χ0n) is 10.9. The second kappa shape index (κ2) is 5.87. The molecule has 98 valence electrons. The molecule has 1 amide bonds. The Bertz CT molecular complexity index is 403. The predicted octanol–water partition coefficient (Wildman–Crippen LogP) is 1.97. The van der Waals surface area contributed by atoms with Crippen LogP contribution in [0.25, 0.3) is 0 Å². The van der Waals surface area contributed by atoms with Crippen LogP contribution in [-0.2, 0) is 4.79 Å². The normalized spacial score (nSPS) is 23.6. The van der Waals surface area contributed by atoms with Crippen molar-refractivity contribution in [1.82, 2.24) is 10.6 Å². The first kappa shape index (κ1) is 12.9. The molecule has 1 aliphatic rings. The predicted molar refractivity (Wildman–Crippen MR) is 70.3 cm³/mol. The van der Waals surface area contributed by atoms with Crippen LogP contribution in [0, 0.1) is 0 Å². The number of carbonyl (C=O) groups excluding carboxylic acids is 1. The van der Waals surface area contributed by atoms with Crippen molar-refractivity contribution < 1.29 is 9.53 Å². The fourth-order valence-corrected chi connectivity index (χ4v) is 2.29. The van der Waals surface area contributed by atoms with Crippen molar-refractivity contribution in [1.29, 1.82) is 0 Å². The largest absolute Gasteiger partial charge is 0.497 e. The summed E-state index contributed by atoms with van der Waals surface area (Å²) >= 11 is 0. The maximum Gasteiger partial charge on any atom is 0.223 e. The second-order valence-corrected chi connectivity index (χ2v) is 4.63. The average Bonchev–Trinajstić information content (AvgIpc) is 2.38. The zero-order chi connectivity index (χ0) is 13.0. The highest BCUT2D eigenvalue weighted by Gasteiger charge is 2.25. The van der Waals surface area contributed by atoms with Gasteiger partial charge in [-0.15, -0.1) is 0 Å². The highest BCUT2D eigenvalue weighted by molar-refractivity contribution is 5.78. The molecule has 4 nitrogen and oxygen atoms in total. The van der Waals surface area contributed by atoms with E-state index in [-0.39, 0.29) is 18.1 Å². The van der Waals surface area contributed by atoms with Crippen LogP contribution < -0.4 is 15.4 Å². The molecule has 2 atom stereocenters. The Balaban J connectivity index is 2.08. The number of nitrogens with one attached hydrogen (secondary N) is 2. The Morgan fingerprint density at radius 1 is 1.33 bits per heavy atom. The molecule has 1 heterocycles. The van der Waals surface area contributed by atoms with Crippen LogP contribution in [-0.4, -0.2) is 19.1 Å². The molecule has 0 aliphatic carbocycles. The maximum absolute atomic E-state index is 11.7. The van der Waals surface area contributed by atoms with Gasteiger partial charge in [0.25, 0.3) is 0 Å². The molecule has 2 N–H and O–H groups in total. The number of methoxy groups -OCH3 is 1. The van der Waals surface area contributed by atoms with Crippen LogP contribution in [0.3, 0.4) is 0 Å². The highest BCUT2D eigenvalue weighted by atomic mass is 16.5. The van der Waals surface area contributed by atoms with E-state index in [4.69, 9.17) is 4.74 Å². The SMILES string of the molecule is CCCC1CC(=O)NC(c2ccc(OC)cc2)N1. The monoisotopic (exact) mass is 248 g/mol. The zero-order valence-corrected chi connectivity index (χ0v) is 10.9. The van der Waals surface area contributed by atoms with E-state index in [1.807, 2.05) is 24.3 Å². The number of benzene rings is 1. The van der Waals surface area contributed by atoms with E-state index in [9.17, 15) is 4.79 Å². The minimum Gasteiger partial charge on any atom is -0.497 e. The van der Waals surface area contributed by atoms with Crippen molar-refractivity contribution in [3.63, 3.8) is 0 Å². The molecule has 1 aromatic rings. The van der Waals surface area contributed by atoms with Gasteiger partial charge < -0.3 is 10.1 Å². The summed E-state index contributed by atoms with van der Waals surface area (Å²) in [5.74, 6) is 0.944. The molecule has 1 aromatic carbocycles.